The van der Waals surface area contributed by atoms with Gasteiger partial charge >= 0.3 is 0 Å². The van der Waals surface area contributed by atoms with E-state index in [1.807, 2.05) is 6.07 Å². The third-order valence-electron chi connectivity index (χ3n) is 3.30. The van der Waals surface area contributed by atoms with Crippen molar-refractivity contribution in [1.29, 1.82) is 0 Å². The van der Waals surface area contributed by atoms with Gasteiger partial charge in [-0.2, -0.15) is 0 Å². The Hall–Kier alpha value is -0.860. The Labute approximate surface area is 91.5 Å². The molecule has 1 fully saturated rings. The van der Waals surface area contributed by atoms with Crippen molar-refractivity contribution in [2.24, 2.45) is 0 Å². The number of likely N-dealkylation sites (N-methyl/N-ethyl adjacent to an activating group) is 1. The van der Waals surface area contributed by atoms with Crippen molar-refractivity contribution in [3.63, 3.8) is 0 Å². The standard InChI is InChI=1S/C13H19NO/c1-13(11-6-4-3-5-7-11)8-12(15)9-14(2)10-13/h3-7,12,15H,8-10H2,1-2H3/t12?,13-/m1/s1. The monoisotopic (exact) mass is 205 g/mol. The van der Waals surface area contributed by atoms with E-state index in [2.05, 4.69) is 43.1 Å². The zero-order valence-electron chi connectivity index (χ0n) is 9.48. The van der Waals surface area contributed by atoms with Crippen LogP contribution >= 0.6 is 0 Å². The molecule has 1 aliphatic heterocycles. The number of rotatable bonds is 1. The van der Waals surface area contributed by atoms with Gasteiger partial charge in [-0.15, -0.1) is 0 Å². The maximum Gasteiger partial charge on any atom is 0.0675 e. The van der Waals surface area contributed by atoms with Crippen molar-refractivity contribution in [3.05, 3.63) is 35.9 Å². The summed E-state index contributed by atoms with van der Waals surface area (Å²) in [6, 6.07) is 10.5. The van der Waals surface area contributed by atoms with Gasteiger partial charge in [-0.3, -0.25) is 0 Å². The lowest BCUT2D eigenvalue weighted by Gasteiger charge is -2.41. The molecular weight excluding hydrogens is 186 g/mol. The lowest BCUT2D eigenvalue weighted by Crippen LogP contribution is -2.48. The van der Waals surface area contributed by atoms with E-state index in [1.165, 1.54) is 5.56 Å². The molecule has 0 aliphatic carbocycles. The highest BCUT2D eigenvalue weighted by Crippen LogP contribution is 2.32. The van der Waals surface area contributed by atoms with Crippen LogP contribution in [0, 0.1) is 0 Å². The van der Waals surface area contributed by atoms with E-state index in [1.54, 1.807) is 0 Å². The number of aliphatic hydroxyl groups is 1. The molecule has 2 nitrogen and oxygen atoms in total. The first-order valence-corrected chi connectivity index (χ1v) is 5.52. The summed E-state index contributed by atoms with van der Waals surface area (Å²) < 4.78 is 0. The Morgan fingerprint density at radius 3 is 2.60 bits per heavy atom. The zero-order valence-corrected chi connectivity index (χ0v) is 9.48. The lowest BCUT2D eigenvalue weighted by atomic mass is 9.75. The van der Waals surface area contributed by atoms with Crippen LogP contribution in [0.2, 0.25) is 0 Å². The first kappa shape index (κ1) is 10.7. The van der Waals surface area contributed by atoms with Crippen molar-refractivity contribution < 1.29 is 5.11 Å². The highest BCUT2D eigenvalue weighted by atomic mass is 16.3. The fraction of sp³-hybridized carbons (Fsp3) is 0.538. The van der Waals surface area contributed by atoms with Gasteiger partial charge in [-0.1, -0.05) is 37.3 Å². The molecule has 82 valence electrons. The van der Waals surface area contributed by atoms with Gasteiger partial charge in [-0.25, -0.2) is 0 Å². The van der Waals surface area contributed by atoms with Crippen molar-refractivity contribution in [2.45, 2.75) is 24.9 Å². The van der Waals surface area contributed by atoms with Crippen molar-refractivity contribution in [2.75, 3.05) is 20.1 Å². The number of piperidine rings is 1. The summed E-state index contributed by atoms with van der Waals surface area (Å²) in [6.45, 7) is 4.05. The molecule has 1 aromatic rings. The zero-order chi connectivity index (χ0) is 10.9. The maximum absolute atomic E-state index is 9.83. The van der Waals surface area contributed by atoms with Crippen molar-refractivity contribution in [1.82, 2.24) is 4.90 Å². The molecule has 1 aromatic carbocycles. The van der Waals surface area contributed by atoms with Gasteiger partial charge in [0.15, 0.2) is 0 Å². The summed E-state index contributed by atoms with van der Waals surface area (Å²) in [7, 11) is 2.07. The van der Waals surface area contributed by atoms with E-state index >= 15 is 0 Å². The Kier molecular flexibility index (Phi) is 2.81. The molecule has 0 spiro atoms. The Morgan fingerprint density at radius 1 is 1.33 bits per heavy atom. The predicted octanol–water partition coefficient (Wildman–Crippen LogP) is 1.64. The number of β-amino-alcohol motifs (C(OH)–C–C–N with tert-alkyl or cyclic N) is 1. The van der Waals surface area contributed by atoms with Crippen molar-refractivity contribution in [3.8, 4) is 0 Å². The fourth-order valence-corrected chi connectivity index (χ4v) is 2.72. The second kappa shape index (κ2) is 3.95. The van der Waals surface area contributed by atoms with Crippen LogP contribution in [0.5, 0.6) is 0 Å². The molecule has 2 atom stereocenters. The summed E-state index contributed by atoms with van der Waals surface area (Å²) in [5.74, 6) is 0. The molecule has 1 aliphatic rings. The molecule has 1 saturated heterocycles. The van der Waals surface area contributed by atoms with Crippen LogP contribution in [0.1, 0.15) is 18.9 Å². The highest BCUT2D eigenvalue weighted by Gasteiger charge is 2.35. The second-order valence-electron chi connectivity index (χ2n) is 4.98. The molecule has 1 unspecified atom stereocenters. The van der Waals surface area contributed by atoms with Gasteiger partial charge in [0.1, 0.15) is 0 Å². The first-order chi connectivity index (χ1) is 7.10. The number of aliphatic hydroxyl groups excluding tert-OH is 1. The molecule has 1 N–H and O–H groups in total. The van der Waals surface area contributed by atoms with E-state index in [4.69, 9.17) is 0 Å². The highest BCUT2D eigenvalue weighted by molar-refractivity contribution is 5.26. The van der Waals surface area contributed by atoms with Gasteiger partial charge in [0.2, 0.25) is 0 Å². The summed E-state index contributed by atoms with van der Waals surface area (Å²) in [5, 5.41) is 9.83. The van der Waals surface area contributed by atoms with Gasteiger partial charge < -0.3 is 10.0 Å². The average molecular weight is 205 g/mol. The SMILES string of the molecule is CN1CC(O)C[C@@](C)(c2ccccc2)C1. The summed E-state index contributed by atoms with van der Waals surface area (Å²) in [6.07, 6.45) is 0.662. The second-order valence-corrected chi connectivity index (χ2v) is 4.98. The van der Waals surface area contributed by atoms with Crippen LogP contribution in [0.25, 0.3) is 0 Å². The molecule has 1 heterocycles. The number of benzene rings is 1. The van der Waals surface area contributed by atoms with Crippen LogP contribution in [-0.2, 0) is 5.41 Å². The minimum Gasteiger partial charge on any atom is -0.392 e. The maximum atomic E-state index is 9.83. The Bertz CT molecular complexity index is 313. The van der Waals surface area contributed by atoms with Crippen LogP contribution < -0.4 is 0 Å². The smallest absolute Gasteiger partial charge is 0.0675 e. The summed E-state index contributed by atoms with van der Waals surface area (Å²) in [4.78, 5) is 2.21. The van der Waals surface area contributed by atoms with E-state index in [0.717, 1.165) is 19.5 Å². The molecule has 0 bridgehead atoms. The fourth-order valence-electron chi connectivity index (χ4n) is 2.72. The lowest BCUT2D eigenvalue weighted by molar-refractivity contribution is 0.0428. The van der Waals surface area contributed by atoms with E-state index in [0.29, 0.717) is 0 Å². The van der Waals surface area contributed by atoms with Crippen LogP contribution in [0.4, 0.5) is 0 Å². The number of hydrogen-bond donors (Lipinski definition) is 1. The van der Waals surface area contributed by atoms with E-state index < -0.39 is 0 Å². The Morgan fingerprint density at radius 2 is 2.00 bits per heavy atom. The first-order valence-electron chi connectivity index (χ1n) is 5.52. The van der Waals surface area contributed by atoms with Gasteiger partial charge in [0.05, 0.1) is 6.10 Å². The number of likely N-dealkylation sites (tertiary alicyclic amines) is 1. The van der Waals surface area contributed by atoms with Gasteiger partial charge in [0.25, 0.3) is 0 Å². The van der Waals surface area contributed by atoms with Crippen LogP contribution in [-0.4, -0.2) is 36.2 Å². The molecule has 2 rings (SSSR count). The molecule has 2 heteroatoms. The predicted molar refractivity (Wildman–Crippen MR) is 61.9 cm³/mol. The molecule has 0 saturated carbocycles. The number of hydrogen-bond acceptors (Lipinski definition) is 2. The molecule has 0 amide bonds. The molecular formula is C13H19NO. The normalized spacial score (nSPS) is 32.9. The quantitative estimate of drug-likeness (QED) is 0.753. The van der Waals surface area contributed by atoms with Gasteiger partial charge in [0, 0.05) is 18.5 Å². The third kappa shape index (κ3) is 2.21. The van der Waals surface area contributed by atoms with Crippen LogP contribution in [0.15, 0.2) is 30.3 Å². The average Bonchev–Trinajstić information content (AvgIpc) is 2.17. The van der Waals surface area contributed by atoms with Crippen molar-refractivity contribution >= 4 is 0 Å². The van der Waals surface area contributed by atoms with E-state index in [-0.39, 0.29) is 11.5 Å². The molecule has 0 radical (unpaired) electrons. The molecule has 0 aromatic heterocycles. The third-order valence-corrected chi connectivity index (χ3v) is 3.30. The number of nitrogens with zero attached hydrogens (tertiary/aromatic N) is 1. The topological polar surface area (TPSA) is 23.5 Å². The Balaban J connectivity index is 2.26. The largest absolute Gasteiger partial charge is 0.392 e. The van der Waals surface area contributed by atoms with Crippen LogP contribution in [0.3, 0.4) is 0 Å². The summed E-state index contributed by atoms with van der Waals surface area (Å²) in [5.41, 5.74) is 1.42. The molecule has 15 heavy (non-hydrogen) atoms. The van der Waals surface area contributed by atoms with Gasteiger partial charge in [-0.05, 0) is 19.0 Å². The minimum absolute atomic E-state index is 0.0909. The summed E-state index contributed by atoms with van der Waals surface area (Å²) >= 11 is 0. The van der Waals surface area contributed by atoms with E-state index in [9.17, 15) is 5.11 Å². The minimum atomic E-state index is -0.200.